The van der Waals surface area contributed by atoms with E-state index in [4.69, 9.17) is 9.15 Å². The quantitative estimate of drug-likeness (QED) is 0.417. The van der Waals surface area contributed by atoms with E-state index in [2.05, 4.69) is 4.74 Å². The van der Waals surface area contributed by atoms with Crippen LogP contribution in [0.15, 0.2) is 71.1 Å². The van der Waals surface area contributed by atoms with Gasteiger partial charge in [0.15, 0.2) is 0 Å². The maximum Gasteiger partial charge on any atom is 0.373 e. The summed E-state index contributed by atoms with van der Waals surface area (Å²) in [5, 5.41) is 0. The monoisotopic (exact) mass is 433 g/mol. The van der Waals surface area contributed by atoms with Crippen molar-refractivity contribution < 1.29 is 33.1 Å². The van der Waals surface area contributed by atoms with Crippen molar-refractivity contribution in [2.45, 2.75) is 19.1 Å². The summed E-state index contributed by atoms with van der Waals surface area (Å²) in [6.45, 7) is -0.274. The van der Waals surface area contributed by atoms with E-state index in [1.54, 1.807) is 48.5 Å². The molecule has 0 saturated heterocycles. The molecular weight excluding hydrogens is 414 g/mol. The molecule has 1 aliphatic heterocycles. The van der Waals surface area contributed by atoms with E-state index < -0.39 is 29.8 Å². The first kappa shape index (κ1) is 21.0. The number of hydrogen-bond acceptors (Lipinski definition) is 7. The van der Waals surface area contributed by atoms with E-state index in [1.807, 2.05) is 6.07 Å². The van der Waals surface area contributed by atoms with Crippen LogP contribution in [-0.2, 0) is 27.3 Å². The second-order valence-electron chi connectivity index (χ2n) is 7.10. The highest BCUT2D eigenvalue weighted by Gasteiger charge is 2.43. The molecule has 1 aliphatic rings. The smallest absolute Gasteiger partial charge is 0.373 e. The van der Waals surface area contributed by atoms with E-state index in [1.165, 1.54) is 19.2 Å². The fraction of sp³-hybridized carbons (Fsp3) is 0.167. The van der Waals surface area contributed by atoms with Crippen LogP contribution in [0.4, 0.5) is 0 Å². The second kappa shape index (κ2) is 8.89. The normalized spacial score (nSPS) is 13.6. The molecule has 0 fully saturated rings. The van der Waals surface area contributed by atoms with Gasteiger partial charge >= 0.3 is 11.9 Å². The standard InChI is InChI=1S/C24H19NO7/c1-30-24(29)20-12-11-16(32-20)14-31-23(28)19(13-15-7-3-2-4-8-15)25-21(26)17-9-5-6-10-18(17)22(25)27/h2-12,19H,13-14H2,1H3/t19-/m0/s1. The molecule has 2 aromatic carbocycles. The molecule has 0 radical (unpaired) electrons. The van der Waals surface area contributed by atoms with Crippen molar-refractivity contribution in [1.82, 2.24) is 4.90 Å². The molecule has 0 N–H and O–H groups in total. The Morgan fingerprint density at radius 1 is 0.906 bits per heavy atom. The molecular formula is C24H19NO7. The molecule has 8 heteroatoms. The lowest BCUT2D eigenvalue weighted by atomic mass is 10.0. The van der Waals surface area contributed by atoms with Crippen molar-refractivity contribution in [3.05, 3.63) is 94.9 Å². The molecule has 2 amide bonds. The van der Waals surface area contributed by atoms with Crippen LogP contribution in [-0.4, -0.2) is 41.8 Å². The first-order valence-electron chi connectivity index (χ1n) is 9.84. The van der Waals surface area contributed by atoms with Gasteiger partial charge in [0.25, 0.3) is 11.8 Å². The van der Waals surface area contributed by atoms with Crippen LogP contribution >= 0.6 is 0 Å². The summed E-state index contributed by atoms with van der Waals surface area (Å²) in [6, 6.07) is 17.2. The Hall–Kier alpha value is -4.20. The average molecular weight is 433 g/mol. The van der Waals surface area contributed by atoms with Crippen molar-refractivity contribution in [1.29, 1.82) is 0 Å². The van der Waals surface area contributed by atoms with Crippen LogP contribution in [0.25, 0.3) is 0 Å². The van der Waals surface area contributed by atoms with Crippen molar-refractivity contribution in [2.75, 3.05) is 7.11 Å². The minimum atomic E-state index is -1.17. The van der Waals surface area contributed by atoms with E-state index >= 15 is 0 Å². The molecule has 3 aromatic rings. The number of benzene rings is 2. The van der Waals surface area contributed by atoms with Gasteiger partial charge in [0.2, 0.25) is 5.76 Å². The Bertz CT molecular complexity index is 1150. The Morgan fingerprint density at radius 3 is 2.16 bits per heavy atom. The molecule has 4 rings (SSSR count). The number of fused-ring (bicyclic) bond motifs is 1. The third-order valence-electron chi connectivity index (χ3n) is 5.09. The Morgan fingerprint density at radius 2 is 1.53 bits per heavy atom. The lowest BCUT2D eigenvalue weighted by Gasteiger charge is -2.24. The van der Waals surface area contributed by atoms with Gasteiger partial charge in [0, 0.05) is 6.42 Å². The van der Waals surface area contributed by atoms with E-state index in [-0.39, 0.29) is 35.7 Å². The van der Waals surface area contributed by atoms with Crippen LogP contribution in [0, 0.1) is 0 Å². The van der Waals surface area contributed by atoms with Gasteiger partial charge in [0.05, 0.1) is 18.2 Å². The molecule has 0 saturated carbocycles. The molecule has 1 aromatic heterocycles. The van der Waals surface area contributed by atoms with Crippen LogP contribution in [0.3, 0.4) is 0 Å². The fourth-order valence-electron chi connectivity index (χ4n) is 3.51. The highest BCUT2D eigenvalue weighted by Crippen LogP contribution is 2.26. The predicted octanol–water partition coefficient (Wildman–Crippen LogP) is 3.02. The zero-order chi connectivity index (χ0) is 22.7. The Balaban J connectivity index is 1.56. The molecule has 1 atom stereocenters. The van der Waals surface area contributed by atoms with E-state index in [9.17, 15) is 19.2 Å². The largest absolute Gasteiger partial charge is 0.463 e. The summed E-state index contributed by atoms with van der Waals surface area (Å²) < 4.78 is 15.2. The minimum absolute atomic E-state index is 0.0280. The Labute approximate surface area is 183 Å². The number of ether oxygens (including phenoxy) is 2. The number of carbonyl (C=O) groups excluding carboxylic acids is 4. The summed E-state index contributed by atoms with van der Waals surface area (Å²) in [7, 11) is 1.22. The van der Waals surface area contributed by atoms with Crippen LogP contribution < -0.4 is 0 Å². The van der Waals surface area contributed by atoms with Gasteiger partial charge in [0.1, 0.15) is 18.4 Å². The summed E-state index contributed by atoms with van der Waals surface area (Å²) >= 11 is 0. The number of rotatable bonds is 7. The van der Waals surface area contributed by atoms with Gasteiger partial charge in [-0.1, -0.05) is 42.5 Å². The predicted molar refractivity (Wildman–Crippen MR) is 111 cm³/mol. The van der Waals surface area contributed by atoms with Crippen LogP contribution in [0.5, 0.6) is 0 Å². The lowest BCUT2D eigenvalue weighted by Crippen LogP contribution is -2.47. The number of carbonyl (C=O) groups is 4. The number of esters is 2. The molecule has 0 aliphatic carbocycles. The number of imide groups is 1. The van der Waals surface area contributed by atoms with Gasteiger partial charge in [-0.25, -0.2) is 9.59 Å². The number of furan rings is 1. The summed E-state index contributed by atoms with van der Waals surface area (Å²) in [5.41, 5.74) is 1.26. The van der Waals surface area contributed by atoms with Crippen LogP contribution in [0.2, 0.25) is 0 Å². The SMILES string of the molecule is COC(=O)c1ccc(COC(=O)[C@H](Cc2ccccc2)N2C(=O)c3ccccc3C2=O)o1. The minimum Gasteiger partial charge on any atom is -0.463 e. The second-order valence-corrected chi connectivity index (χ2v) is 7.10. The number of hydrogen-bond donors (Lipinski definition) is 0. The summed E-state index contributed by atoms with van der Waals surface area (Å²) in [4.78, 5) is 51.4. The third-order valence-corrected chi connectivity index (χ3v) is 5.09. The van der Waals surface area contributed by atoms with Crippen molar-refractivity contribution in [2.24, 2.45) is 0 Å². The Kier molecular flexibility index (Phi) is 5.85. The van der Waals surface area contributed by atoms with Gasteiger partial charge in [-0.05, 0) is 29.8 Å². The average Bonchev–Trinajstić information content (AvgIpc) is 3.40. The first-order chi connectivity index (χ1) is 15.5. The topological polar surface area (TPSA) is 103 Å². The maximum absolute atomic E-state index is 13.0. The first-order valence-corrected chi connectivity index (χ1v) is 9.84. The highest BCUT2D eigenvalue weighted by molar-refractivity contribution is 6.22. The lowest BCUT2D eigenvalue weighted by molar-refractivity contribution is -0.150. The highest BCUT2D eigenvalue weighted by atomic mass is 16.6. The number of methoxy groups -OCH3 is 1. The number of amides is 2. The molecule has 8 nitrogen and oxygen atoms in total. The maximum atomic E-state index is 13.0. The van der Waals surface area contributed by atoms with E-state index in [0.29, 0.717) is 0 Å². The van der Waals surface area contributed by atoms with Gasteiger partial charge in [-0.2, -0.15) is 0 Å². The van der Waals surface area contributed by atoms with Gasteiger partial charge in [-0.15, -0.1) is 0 Å². The van der Waals surface area contributed by atoms with Gasteiger partial charge < -0.3 is 13.9 Å². The molecule has 0 spiro atoms. The molecule has 2 heterocycles. The molecule has 162 valence electrons. The zero-order valence-corrected chi connectivity index (χ0v) is 17.1. The number of nitrogens with zero attached hydrogens (tertiary/aromatic N) is 1. The fourth-order valence-corrected chi connectivity index (χ4v) is 3.51. The van der Waals surface area contributed by atoms with E-state index in [0.717, 1.165) is 10.5 Å². The van der Waals surface area contributed by atoms with Crippen molar-refractivity contribution in [3.8, 4) is 0 Å². The van der Waals surface area contributed by atoms with Crippen molar-refractivity contribution in [3.63, 3.8) is 0 Å². The molecule has 32 heavy (non-hydrogen) atoms. The summed E-state index contributed by atoms with van der Waals surface area (Å²) in [6.07, 6.45) is 0.0940. The molecule has 0 unspecified atom stereocenters. The van der Waals surface area contributed by atoms with Crippen LogP contribution in [0.1, 0.15) is 42.6 Å². The zero-order valence-electron chi connectivity index (χ0n) is 17.1. The third kappa shape index (κ3) is 4.02. The van der Waals surface area contributed by atoms with Gasteiger partial charge in [-0.3, -0.25) is 14.5 Å². The summed E-state index contributed by atoms with van der Waals surface area (Å²) in [5.74, 6) is -2.32. The van der Waals surface area contributed by atoms with Crippen molar-refractivity contribution >= 4 is 23.8 Å². The molecule has 0 bridgehead atoms.